The number of likely N-dealkylation sites (tertiary alicyclic amines) is 2. The molecule has 1 amide bonds. The molecule has 0 saturated carbocycles. The van der Waals surface area contributed by atoms with Gasteiger partial charge in [-0.1, -0.05) is 35.3 Å². The maximum absolute atomic E-state index is 13.0. The van der Waals surface area contributed by atoms with E-state index in [0.717, 1.165) is 31.5 Å². The van der Waals surface area contributed by atoms with Crippen molar-refractivity contribution in [3.8, 4) is 0 Å². The molecular weight excluding hydrogens is 423 g/mol. The Morgan fingerprint density at radius 3 is 2.07 bits per heavy atom. The summed E-state index contributed by atoms with van der Waals surface area (Å²) in [6.45, 7) is 3.11. The smallest absolute Gasteiger partial charge is 0.295 e. The summed E-state index contributed by atoms with van der Waals surface area (Å²) >= 11 is 12.0. The highest BCUT2D eigenvalue weighted by Gasteiger charge is 2.46. The predicted octanol–water partition coefficient (Wildman–Crippen LogP) is 4.51. The van der Waals surface area contributed by atoms with Crippen LogP contribution in [0.1, 0.15) is 30.0 Å². The van der Waals surface area contributed by atoms with Gasteiger partial charge in [0, 0.05) is 28.7 Å². The molecule has 0 aromatic heterocycles. The van der Waals surface area contributed by atoms with Crippen molar-refractivity contribution in [1.82, 2.24) is 9.80 Å². The summed E-state index contributed by atoms with van der Waals surface area (Å²) in [6.07, 6.45) is 2.30. The molecule has 2 aliphatic heterocycles. The fourth-order valence-corrected chi connectivity index (χ4v) is 4.37. The van der Waals surface area contributed by atoms with Crippen LogP contribution in [0.4, 0.5) is 0 Å². The van der Waals surface area contributed by atoms with Gasteiger partial charge in [0.1, 0.15) is 5.76 Å². The Bertz CT molecular complexity index is 981. The van der Waals surface area contributed by atoms with Gasteiger partial charge in [-0.3, -0.25) is 9.59 Å². The summed E-state index contributed by atoms with van der Waals surface area (Å²) < 4.78 is 0. The van der Waals surface area contributed by atoms with Crippen molar-refractivity contribution in [2.24, 2.45) is 0 Å². The summed E-state index contributed by atoms with van der Waals surface area (Å²) in [5.41, 5.74) is 1.26. The van der Waals surface area contributed by atoms with Crippen molar-refractivity contribution in [3.63, 3.8) is 0 Å². The first-order valence-corrected chi connectivity index (χ1v) is 10.7. The number of Topliss-reactive ketones (excluding diaryl/α,β-unsaturated/α-hetero) is 1. The molecule has 2 aromatic rings. The number of amides is 1. The number of rotatable bonds is 5. The summed E-state index contributed by atoms with van der Waals surface area (Å²) in [7, 11) is 0. The summed E-state index contributed by atoms with van der Waals surface area (Å²) in [5.74, 6) is -1.47. The third-order valence-corrected chi connectivity index (χ3v) is 6.20. The lowest BCUT2D eigenvalue weighted by molar-refractivity contribution is -0.140. The number of nitrogens with zero attached hydrogens (tertiary/aromatic N) is 2. The van der Waals surface area contributed by atoms with Gasteiger partial charge in [-0.25, -0.2) is 0 Å². The second-order valence-electron chi connectivity index (χ2n) is 7.60. The van der Waals surface area contributed by atoms with Crippen LogP contribution in [-0.2, 0) is 9.59 Å². The number of hydrogen-bond donors (Lipinski definition) is 1. The lowest BCUT2D eigenvalue weighted by Crippen LogP contribution is -2.37. The number of hydrogen-bond acceptors (Lipinski definition) is 4. The molecule has 1 unspecified atom stereocenters. The minimum atomic E-state index is -0.677. The van der Waals surface area contributed by atoms with Crippen molar-refractivity contribution in [2.45, 2.75) is 18.9 Å². The van der Waals surface area contributed by atoms with Crippen LogP contribution in [0.5, 0.6) is 0 Å². The molecule has 2 fully saturated rings. The number of carbonyl (C=O) groups excluding carboxylic acids is 2. The van der Waals surface area contributed by atoms with Crippen LogP contribution in [0, 0.1) is 0 Å². The van der Waals surface area contributed by atoms with E-state index >= 15 is 0 Å². The first-order chi connectivity index (χ1) is 14.5. The number of halogens is 2. The largest absolute Gasteiger partial charge is 0.507 e. The van der Waals surface area contributed by atoms with E-state index in [1.807, 2.05) is 0 Å². The molecule has 5 nitrogen and oxygen atoms in total. The zero-order chi connectivity index (χ0) is 21.3. The summed E-state index contributed by atoms with van der Waals surface area (Å²) in [4.78, 5) is 29.7. The molecule has 0 radical (unpaired) electrons. The molecule has 156 valence electrons. The molecule has 2 heterocycles. The number of aliphatic hydroxyl groups excluding tert-OH is 1. The highest BCUT2D eigenvalue weighted by Crippen LogP contribution is 2.39. The van der Waals surface area contributed by atoms with E-state index in [0.29, 0.717) is 28.7 Å². The molecule has 2 saturated heterocycles. The number of ketones is 1. The molecule has 0 spiro atoms. The molecule has 1 atom stereocenters. The maximum Gasteiger partial charge on any atom is 0.295 e. The van der Waals surface area contributed by atoms with Gasteiger partial charge >= 0.3 is 0 Å². The molecule has 0 bridgehead atoms. The SMILES string of the molecule is O=C1C(=O)N(CCN2CCCC2)C(c2ccc(Cl)cc2)/C1=C(\O)c1ccc(Cl)cc1. The van der Waals surface area contributed by atoms with Gasteiger partial charge in [0.05, 0.1) is 11.6 Å². The van der Waals surface area contributed by atoms with E-state index in [-0.39, 0.29) is 11.3 Å². The maximum atomic E-state index is 13.0. The second kappa shape index (κ2) is 8.80. The minimum Gasteiger partial charge on any atom is -0.507 e. The lowest BCUT2D eigenvalue weighted by Gasteiger charge is -2.27. The monoisotopic (exact) mass is 444 g/mol. The third-order valence-electron chi connectivity index (χ3n) is 5.70. The van der Waals surface area contributed by atoms with Gasteiger partial charge in [0.25, 0.3) is 11.7 Å². The van der Waals surface area contributed by atoms with Crippen LogP contribution >= 0.6 is 23.2 Å². The van der Waals surface area contributed by atoms with Gasteiger partial charge in [-0.15, -0.1) is 0 Å². The molecule has 4 rings (SSSR count). The fourth-order valence-electron chi connectivity index (χ4n) is 4.12. The quantitative estimate of drug-likeness (QED) is 0.418. The lowest BCUT2D eigenvalue weighted by atomic mass is 9.95. The van der Waals surface area contributed by atoms with E-state index in [1.54, 1.807) is 53.4 Å². The molecule has 7 heteroatoms. The van der Waals surface area contributed by atoms with E-state index in [4.69, 9.17) is 23.2 Å². The van der Waals surface area contributed by atoms with Crippen molar-refractivity contribution < 1.29 is 14.7 Å². The van der Waals surface area contributed by atoms with E-state index in [9.17, 15) is 14.7 Å². The highest BCUT2D eigenvalue weighted by molar-refractivity contribution is 6.46. The topological polar surface area (TPSA) is 60.9 Å². The Balaban J connectivity index is 1.75. The first-order valence-electron chi connectivity index (χ1n) is 9.98. The second-order valence-corrected chi connectivity index (χ2v) is 8.47. The molecule has 30 heavy (non-hydrogen) atoms. The normalized spacial score (nSPS) is 21.5. The average molecular weight is 445 g/mol. The molecule has 2 aromatic carbocycles. The van der Waals surface area contributed by atoms with Gasteiger partial charge < -0.3 is 14.9 Å². The minimum absolute atomic E-state index is 0.0890. The Morgan fingerprint density at radius 2 is 1.47 bits per heavy atom. The van der Waals surface area contributed by atoms with Crippen molar-refractivity contribution >= 4 is 40.7 Å². The Hall–Kier alpha value is -2.34. The molecular formula is C23H22Cl2N2O3. The van der Waals surface area contributed by atoms with Crippen molar-refractivity contribution in [2.75, 3.05) is 26.2 Å². The Kier molecular flexibility index (Phi) is 6.14. The Labute approximate surface area is 185 Å². The van der Waals surface area contributed by atoms with E-state index in [2.05, 4.69) is 4.90 Å². The van der Waals surface area contributed by atoms with E-state index in [1.165, 1.54) is 0 Å². The van der Waals surface area contributed by atoms with E-state index < -0.39 is 17.7 Å². The number of aliphatic hydroxyl groups is 1. The predicted molar refractivity (Wildman–Crippen MR) is 118 cm³/mol. The van der Waals surface area contributed by atoms with Crippen LogP contribution in [0.25, 0.3) is 5.76 Å². The average Bonchev–Trinajstić information content (AvgIpc) is 3.34. The van der Waals surface area contributed by atoms with Crippen molar-refractivity contribution in [3.05, 3.63) is 75.3 Å². The molecule has 2 aliphatic rings. The molecule has 1 N–H and O–H groups in total. The first kappa shape index (κ1) is 20.9. The molecule has 0 aliphatic carbocycles. The van der Waals surface area contributed by atoms with Gasteiger partial charge in [-0.2, -0.15) is 0 Å². The summed E-state index contributed by atoms with van der Waals surface area (Å²) in [5, 5.41) is 12.1. The Morgan fingerprint density at radius 1 is 0.900 bits per heavy atom. The van der Waals surface area contributed by atoms with Crippen LogP contribution < -0.4 is 0 Å². The van der Waals surface area contributed by atoms with Gasteiger partial charge in [0.15, 0.2) is 0 Å². The zero-order valence-corrected chi connectivity index (χ0v) is 17.9. The van der Waals surface area contributed by atoms with Crippen LogP contribution in [0.15, 0.2) is 54.1 Å². The fraction of sp³-hybridized carbons (Fsp3) is 0.304. The van der Waals surface area contributed by atoms with Gasteiger partial charge in [0.2, 0.25) is 0 Å². The van der Waals surface area contributed by atoms with Crippen LogP contribution in [0.3, 0.4) is 0 Å². The standard InChI is InChI=1S/C23H22Cl2N2O3/c24-17-7-3-15(4-8-17)20-19(21(28)16-5-9-18(25)10-6-16)22(29)23(30)27(20)14-13-26-11-1-2-12-26/h3-10,20,28H,1-2,11-14H2/b21-19+. The number of benzene rings is 2. The zero-order valence-electron chi connectivity index (χ0n) is 16.4. The third kappa shape index (κ3) is 4.10. The highest BCUT2D eigenvalue weighted by atomic mass is 35.5. The van der Waals surface area contributed by atoms with Gasteiger partial charge in [-0.05, 0) is 67.9 Å². The van der Waals surface area contributed by atoms with Crippen molar-refractivity contribution in [1.29, 1.82) is 0 Å². The number of carbonyl (C=O) groups is 2. The van der Waals surface area contributed by atoms with Crippen LogP contribution in [-0.4, -0.2) is 52.8 Å². The van der Waals surface area contributed by atoms with Crippen LogP contribution in [0.2, 0.25) is 10.0 Å². The summed E-state index contributed by atoms with van der Waals surface area (Å²) in [6, 6.07) is 12.9.